The molecule has 2 heterocycles. The molecule has 1 aromatic heterocycles. The van der Waals surface area contributed by atoms with E-state index < -0.39 is 4.92 Å². The van der Waals surface area contributed by atoms with E-state index in [9.17, 15) is 14.9 Å². The molecule has 3 rings (SSSR count). The maximum atomic E-state index is 12.3. The van der Waals surface area contributed by atoms with E-state index in [4.69, 9.17) is 0 Å². The van der Waals surface area contributed by atoms with Crippen molar-refractivity contribution in [3.05, 3.63) is 70.4 Å². The van der Waals surface area contributed by atoms with Crippen LogP contribution in [0.25, 0.3) is 6.08 Å². The lowest BCUT2D eigenvalue weighted by atomic mass is 10.2. The van der Waals surface area contributed by atoms with Gasteiger partial charge < -0.3 is 9.80 Å². The molecule has 1 aliphatic heterocycles. The number of carbonyl (C=O) groups is 1. The van der Waals surface area contributed by atoms with E-state index in [0.717, 1.165) is 18.9 Å². The Morgan fingerprint density at radius 3 is 2.60 bits per heavy atom. The van der Waals surface area contributed by atoms with Gasteiger partial charge in [-0.1, -0.05) is 18.2 Å². The molecule has 0 bridgehead atoms. The summed E-state index contributed by atoms with van der Waals surface area (Å²) in [6, 6.07) is 12.0. The van der Waals surface area contributed by atoms with Gasteiger partial charge in [-0.3, -0.25) is 14.9 Å². The number of anilines is 1. The minimum absolute atomic E-state index is 0.0126. The third-order valence-corrected chi connectivity index (χ3v) is 4.06. The van der Waals surface area contributed by atoms with Gasteiger partial charge in [-0.25, -0.2) is 4.98 Å². The van der Waals surface area contributed by atoms with Crippen molar-refractivity contribution in [3.8, 4) is 0 Å². The number of rotatable bonds is 4. The maximum absolute atomic E-state index is 12.3. The number of non-ortho nitro benzene ring substituents is 1. The second-order valence-corrected chi connectivity index (χ2v) is 5.69. The number of piperazine rings is 1. The van der Waals surface area contributed by atoms with Gasteiger partial charge in [0.1, 0.15) is 5.82 Å². The summed E-state index contributed by atoms with van der Waals surface area (Å²) in [7, 11) is 0. The number of hydrogen-bond donors (Lipinski definition) is 0. The van der Waals surface area contributed by atoms with E-state index >= 15 is 0 Å². The van der Waals surface area contributed by atoms with Crippen LogP contribution < -0.4 is 4.90 Å². The van der Waals surface area contributed by atoms with Crippen LogP contribution in [0.3, 0.4) is 0 Å². The molecule has 0 spiro atoms. The summed E-state index contributed by atoms with van der Waals surface area (Å²) >= 11 is 0. The molecular formula is C18H18N4O3. The molecule has 128 valence electrons. The third kappa shape index (κ3) is 4.20. The van der Waals surface area contributed by atoms with Crippen molar-refractivity contribution >= 4 is 23.5 Å². The highest BCUT2D eigenvalue weighted by Gasteiger charge is 2.20. The molecule has 2 aromatic rings. The van der Waals surface area contributed by atoms with E-state index in [1.165, 1.54) is 18.2 Å². The van der Waals surface area contributed by atoms with Crippen molar-refractivity contribution in [1.82, 2.24) is 9.88 Å². The molecule has 1 fully saturated rings. The Bertz CT molecular complexity index is 784. The van der Waals surface area contributed by atoms with Gasteiger partial charge in [0.2, 0.25) is 5.91 Å². The Kier molecular flexibility index (Phi) is 5.03. The average molecular weight is 338 g/mol. The number of nitro groups is 1. The number of pyridine rings is 1. The zero-order valence-corrected chi connectivity index (χ0v) is 13.6. The van der Waals surface area contributed by atoms with Gasteiger partial charge in [-0.05, 0) is 23.8 Å². The Balaban J connectivity index is 1.58. The zero-order chi connectivity index (χ0) is 17.6. The highest BCUT2D eigenvalue weighted by molar-refractivity contribution is 5.92. The number of hydrogen-bond acceptors (Lipinski definition) is 5. The minimum Gasteiger partial charge on any atom is -0.353 e. The zero-order valence-electron chi connectivity index (χ0n) is 13.6. The van der Waals surface area contributed by atoms with Crippen molar-refractivity contribution in [2.75, 3.05) is 31.1 Å². The summed E-state index contributed by atoms with van der Waals surface area (Å²) in [4.78, 5) is 30.9. The number of aromatic nitrogens is 1. The molecule has 0 aliphatic carbocycles. The van der Waals surface area contributed by atoms with Crippen molar-refractivity contribution in [2.24, 2.45) is 0 Å². The second kappa shape index (κ2) is 7.57. The fourth-order valence-corrected chi connectivity index (χ4v) is 2.71. The number of nitrogens with zero attached hydrogens (tertiary/aromatic N) is 4. The standard InChI is InChI=1S/C18H18N4O3/c23-18(8-7-15-4-3-5-16(14-15)22(24)25)21-12-10-20(11-13-21)17-6-1-2-9-19-17/h1-9,14H,10-13H2/b8-7+. The fourth-order valence-electron chi connectivity index (χ4n) is 2.71. The Morgan fingerprint density at radius 1 is 1.12 bits per heavy atom. The first-order valence-corrected chi connectivity index (χ1v) is 8.01. The van der Waals surface area contributed by atoms with Crippen LogP contribution in [-0.2, 0) is 4.79 Å². The van der Waals surface area contributed by atoms with Gasteiger partial charge in [-0.15, -0.1) is 0 Å². The predicted octanol–water partition coefficient (Wildman–Crippen LogP) is 2.35. The fraction of sp³-hybridized carbons (Fsp3) is 0.222. The minimum atomic E-state index is -0.448. The Hall–Kier alpha value is -3.22. The summed E-state index contributed by atoms with van der Waals surface area (Å²) in [5, 5.41) is 10.8. The summed E-state index contributed by atoms with van der Waals surface area (Å²) < 4.78 is 0. The molecule has 1 saturated heterocycles. The van der Waals surface area contributed by atoms with Gasteiger partial charge in [0, 0.05) is 50.6 Å². The first kappa shape index (κ1) is 16.6. The Labute approximate surface area is 145 Å². The molecule has 0 radical (unpaired) electrons. The monoisotopic (exact) mass is 338 g/mol. The van der Waals surface area contributed by atoms with Gasteiger partial charge in [0.05, 0.1) is 4.92 Å². The maximum Gasteiger partial charge on any atom is 0.270 e. The van der Waals surface area contributed by atoms with Gasteiger partial charge in [-0.2, -0.15) is 0 Å². The molecule has 1 amide bonds. The predicted molar refractivity (Wildman–Crippen MR) is 95.2 cm³/mol. The quantitative estimate of drug-likeness (QED) is 0.486. The van der Waals surface area contributed by atoms with Crippen LogP contribution in [0.15, 0.2) is 54.7 Å². The van der Waals surface area contributed by atoms with Crippen LogP contribution in [0.4, 0.5) is 11.5 Å². The summed E-state index contributed by atoms with van der Waals surface area (Å²) in [5.74, 6) is 0.828. The van der Waals surface area contributed by atoms with E-state index in [1.54, 1.807) is 29.3 Å². The van der Waals surface area contributed by atoms with Crippen LogP contribution in [0.1, 0.15) is 5.56 Å². The molecular weight excluding hydrogens is 320 g/mol. The highest BCUT2D eigenvalue weighted by Crippen LogP contribution is 2.15. The first-order chi connectivity index (χ1) is 12.1. The number of benzene rings is 1. The molecule has 7 nitrogen and oxygen atoms in total. The largest absolute Gasteiger partial charge is 0.353 e. The van der Waals surface area contributed by atoms with E-state index in [2.05, 4.69) is 9.88 Å². The molecule has 0 unspecified atom stereocenters. The molecule has 1 aromatic carbocycles. The number of carbonyl (C=O) groups excluding carboxylic acids is 1. The smallest absolute Gasteiger partial charge is 0.270 e. The average Bonchev–Trinajstić information content (AvgIpc) is 2.67. The SMILES string of the molecule is O=C(/C=C/c1cccc([N+](=O)[O-])c1)N1CCN(c2ccccn2)CC1. The van der Waals surface area contributed by atoms with Crippen molar-refractivity contribution < 1.29 is 9.72 Å². The summed E-state index contributed by atoms with van der Waals surface area (Å²) in [6.45, 7) is 2.70. The van der Waals surface area contributed by atoms with Crippen LogP contribution in [0, 0.1) is 10.1 Å². The van der Waals surface area contributed by atoms with Crippen LogP contribution in [-0.4, -0.2) is 46.9 Å². The number of amides is 1. The molecule has 0 saturated carbocycles. The summed E-state index contributed by atoms with van der Waals surface area (Å²) in [6.07, 6.45) is 4.84. The van der Waals surface area contributed by atoms with Crippen LogP contribution >= 0.6 is 0 Å². The topological polar surface area (TPSA) is 79.6 Å². The van der Waals surface area contributed by atoms with Gasteiger partial charge in [0.15, 0.2) is 0 Å². The van der Waals surface area contributed by atoms with Crippen molar-refractivity contribution in [1.29, 1.82) is 0 Å². The number of nitro benzene ring substituents is 1. The van der Waals surface area contributed by atoms with E-state index in [1.807, 2.05) is 18.2 Å². The van der Waals surface area contributed by atoms with Gasteiger partial charge >= 0.3 is 0 Å². The molecule has 0 N–H and O–H groups in total. The summed E-state index contributed by atoms with van der Waals surface area (Å²) in [5.41, 5.74) is 0.647. The second-order valence-electron chi connectivity index (χ2n) is 5.69. The van der Waals surface area contributed by atoms with Crippen LogP contribution in [0.2, 0.25) is 0 Å². The van der Waals surface area contributed by atoms with E-state index in [-0.39, 0.29) is 11.6 Å². The van der Waals surface area contributed by atoms with Crippen LogP contribution in [0.5, 0.6) is 0 Å². The lowest BCUT2D eigenvalue weighted by Gasteiger charge is -2.34. The first-order valence-electron chi connectivity index (χ1n) is 8.01. The third-order valence-electron chi connectivity index (χ3n) is 4.06. The lowest BCUT2D eigenvalue weighted by molar-refractivity contribution is -0.384. The van der Waals surface area contributed by atoms with E-state index in [0.29, 0.717) is 18.7 Å². The highest BCUT2D eigenvalue weighted by atomic mass is 16.6. The van der Waals surface area contributed by atoms with Gasteiger partial charge in [0.25, 0.3) is 5.69 Å². The normalized spacial score (nSPS) is 14.7. The Morgan fingerprint density at radius 2 is 1.92 bits per heavy atom. The lowest BCUT2D eigenvalue weighted by Crippen LogP contribution is -2.48. The molecule has 7 heteroatoms. The molecule has 1 aliphatic rings. The van der Waals surface area contributed by atoms with Crippen molar-refractivity contribution in [3.63, 3.8) is 0 Å². The molecule has 25 heavy (non-hydrogen) atoms. The molecule has 0 atom stereocenters. The van der Waals surface area contributed by atoms with Crippen molar-refractivity contribution in [2.45, 2.75) is 0 Å².